The third kappa shape index (κ3) is 2.87. The van der Waals surface area contributed by atoms with Gasteiger partial charge in [0.05, 0.1) is 6.10 Å². The number of aromatic amines is 1. The van der Waals surface area contributed by atoms with Crippen molar-refractivity contribution in [2.45, 2.75) is 39.7 Å². The molecule has 1 N–H and O–H groups in total. The fraction of sp³-hybridized carbons (Fsp3) is 0.571. The zero-order chi connectivity index (χ0) is 14.0. The lowest BCUT2D eigenvalue weighted by molar-refractivity contribution is 0.0156. The van der Waals surface area contributed by atoms with Crippen LogP contribution in [0.3, 0.4) is 0 Å². The van der Waals surface area contributed by atoms with Gasteiger partial charge in [-0.25, -0.2) is 4.79 Å². The van der Waals surface area contributed by atoms with Crippen LogP contribution in [0.25, 0.3) is 0 Å². The molecule has 2 heterocycles. The Morgan fingerprint density at radius 3 is 2.68 bits per heavy atom. The van der Waals surface area contributed by atoms with Crippen LogP contribution in [0.5, 0.6) is 0 Å². The van der Waals surface area contributed by atoms with Crippen molar-refractivity contribution in [2.75, 3.05) is 13.2 Å². The van der Waals surface area contributed by atoms with Crippen molar-refractivity contribution < 1.29 is 19.1 Å². The highest BCUT2D eigenvalue weighted by Crippen LogP contribution is 2.20. The molecule has 0 spiro atoms. The van der Waals surface area contributed by atoms with Gasteiger partial charge in [-0.3, -0.25) is 4.79 Å². The maximum atomic E-state index is 12.0. The van der Waals surface area contributed by atoms with Crippen LogP contribution in [0.2, 0.25) is 0 Å². The van der Waals surface area contributed by atoms with Gasteiger partial charge in [-0.15, -0.1) is 0 Å². The summed E-state index contributed by atoms with van der Waals surface area (Å²) in [6.45, 7) is 6.03. The molecule has 0 amide bonds. The molecule has 1 aromatic rings. The maximum absolute atomic E-state index is 12.0. The van der Waals surface area contributed by atoms with Crippen molar-refractivity contribution in [3.8, 4) is 0 Å². The smallest absolute Gasteiger partial charge is 0.355 e. The molecule has 104 valence electrons. The van der Waals surface area contributed by atoms with E-state index in [1.54, 1.807) is 13.8 Å². The first-order valence-corrected chi connectivity index (χ1v) is 6.49. The number of Topliss-reactive ketones (excluding diaryl/α,β-unsaturated/α-hetero) is 1. The number of hydrogen-bond donors (Lipinski definition) is 1. The van der Waals surface area contributed by atoms with Crippen LogP contribution < -0.4 is 0 Å². The number of rotatable bonds is 4. The Morgan fingerprint density at radius 1 is 1.42 bits per heavy atom. The van der Waals surface area contributed by atoms with Gasteiger partial charge in [0.1, 0.15) is 12.3 Å². The number of carbonyl (C=O) groups excluding carboxylic acids is 2. The number of aryl methyl sites for hydroxylation is 1. The normalized spacial score (nSPS) is 18.6. The summed E-state index contributed by atoms with van der Waals surface area (Å²) in [4.78, 5) is 26.4. The van der Waals surface area contributed by atoms with E-state index >= 15 is 0 Å². The molecule has 5 heteroatoms. The monoisotopic (exact) mass is 265 g/mol. The van der Waals surface area contributed by atoms with E-state index in [2.05, 4.69) is 4.98 Å². The van der Waals surface area contributed by atoms with Gasteiger partial charge in [-0.1, -0.05) is 0 Å². The van der Waals surface area contributed by atoms with Crippen LogP contribution in [0, 0.1) is 13.8 Å². The third-order valence-electron chi connectivity index (χ3n) is 3.42. The number of carbonyl (C=O) groups is 2. The molecule has 0 aliphatic carbocycles. The lowest BCUT2D eigenvalue weighted by Gasteiger charge is -2.09. The van der Waals surface area contributed by atoms with Crippen LogP contribution in [0.4, 0.5) is 0 Å². The van der Waals surface area contributed by atoms with E-state index in [4.69, 9.17) is 9.47 Å². The first-order valence-electron chi connectivity index (χ1n) is 6.49. The van der Waals surface area contributed by atoms with Gasteiger partial charge in [0.15, 0.2) is 5.78 Å². The highest BCUT2D eigenvalue weighted by molar-refractivity contribution is 6.01. The second-order valence-corrected chi connectivity index (χ2v) is 4.91. The van der Waals surface area contributed by atoms with Crippen LogP contribution in [-0.4, -0.2) is 36.1 Å². The lowest BCUT2D eigenvalue weighted by Crippen LogP contribution is -2.18. The molecule has 1 atom stereocenters. The van der Waals surface area contributed by atoms with Crippen molar-refractivity contribution in [1.82, 2.24) is 4.98 Å². The van der Waals surface area contributed by atoms with E-state index in [0.717, 1.165) is 19.4 Å². The number of ketones is 1. The van der Waals surface area contributed by atoms with Crippen molar-refractivity contribution >= 4 is 11.8 Å². The van der Waals surface area contributed by atoms with E-state index in [0.29, 0.717) is 22.5 Å². The Balaban J connectivity index is 2.06. The molecule has 1 aromatic heterocycles. The Hall–Kier alpha value is -1.62. The highest BCUT2D eigenvalue weighted by atomic mass is 16.6. The zero-order valence-electron chi connectivity index (χ0n) is 11.5. The van der Waals surface area contributed by atoms with Crippen LogP contribution in [-0.2, 0) is 9.47 Å². The van der Waals surface area contributed by atoms with E-state index in [1.165, 1.54) is 6.92 Å². The summed E-state index contributed by atoms with van der Waals surface area (Å²) in [5.74, 6) is -0.479. The van der Waals surface area contributed by atoms with Gasteiger partial charge in [0.25, 0.3) is 0 Å². The minimum absolute atomic E-state index is 0.00703. The largest absolute Gasteiger partial charge is 0.458 e. The van der Waals surface area contributed by atoms with Gasteiger partial charge < -0.3 is 14.5 Å². The summed E-state index contributed by atoms with van der Waals surface area (Å²) in [5, 5.41) is 0. The summed E-state index contributed by atoms with van der Waals surface area (Å²) in [5.41, 5.74) is 2.29. The summed E-state index contributed by atoms with van der Waals surface area (Å²) < 4.78 is 10.6. The third-order valence-corrected chi connectivity index (χ3v) is 3.42. The van der Waals surface area contributed by atoms with Crippen molar-refractivity contribution in [1.29, 1.82) is 0 Å². The molecule has 19 heavy (non-hydrogen) atoms. The molecule has 2 rings (SSSR count). The Morgan fingerprint density at radius 2 is 2.16 bits per heavy atom. The number of ether oxygens (including phenoxy) is 2. The SMILES string of the molecule is CC(=O)c1c(C)[nH]c(C(=O)OC[C@H]2CCCO2)c1C. The fourth-order valence-corrected chi connectivity index (χ4v) is 2.50. The molecule has 0 radical (unpaired) electrons. The lowest BCUT2D eigenvalue weighted by atomic mass is 10.1. The average molecular weight is 265 g/mol. The molecule has 0 saturated carbocycles. The first-order chi connectivity index (χ1) is 9.00. The predicted octanol–water partition coefficient (Wildman–Crippen LogP) is 2.17. The highest BCUT2D eigenvalue weighted by Gasteiger charge is 2.23. The summed E-state index contributed by atoms with van der Waals surface area (Å²) >= 11 is 0. The Kier molecular flexibility index (Phi) is 4.04. The summed E-state index contributed by atoms with van der Waals surface area (Å²) in [7, 11) is 0. The van der Waals surface area contributed by atoms with E-state index in [-0.39, 0.29) is 18.5 Å². The van der Waals surface area contributed by atoms with Crippen molar-refractivity contribution in [2.24, 2.45) is 0 Å². The maximum Gasteiger partial charge on any atom is 0.355 e. The number of esters is 1. The summed E-state index contributed by atoms with van der Waals surface area (Å²) in [6.07, 6.45) is 1.94. The topological polar surface area (TPSA) is 68.4 Å². The second kappa shape index (κ2) is 5.57. The standard InChI is InChI=1S/C14H19NO4/c1-8-12(10(3)16)9(2)15-13(8)14(17)19-7-11-5-4-6-18-11/h11,15H,4-7H2,1-3H3/t11-/m1/s1. The Labute approximate surface area is 112 Å². The van der Waals surface area contributed by atoms with Crippen LogP contribution >= 0.6 is 0 Å². The number of hydrogen-bond acceptors (Lipinski definition) is 4. The van der Waals surface area contributed by atoms with Gasteiger partial charge in [0, 0.05) is 17.9 Å². The number of aromatic nitrogens is 1. The van der Waals surface area contributed by atoms with Gasteiger partial charge in [0.2, 0.25) is 0 Å². The molecule has 0 bridgehead atoms. The van der Waals surface area contributed by atoms with Crippen molar-refractivity contribution in [3.05, 3.63) is 22.5 Å². The average Bonchev–Trinajstić information content (AvgIpc) is 2.94. The second-order valence-electron chi connectivity index (χ2n) is 4.91. The van der Waals surface area contributed by atoms with Crippen LogP contribution in [0.15, 0.2) is 0 Å². The number of nitrogens with one attached hydrogen (secondary N) is 1. The summed E-state index contributed by atoms with van der Waals surface area (Å²) in [6, 6.07) is 0. The Bertz CT molecular complexity index is 498. The van der Waals surface area contributed by atoms with Crippen LogP contribution in [0.1, 0.15) is 51.9 Å². The zero-order valence-corrected chi connectivity index (χ0v) is 11.5. The minimum atomic E-state index is -0.427. The molecule has 0 unspecified atom stereocenters. The quantitative estimate of drug-likeness (QED) is 0.669. The van der Waals surface area contributed by atoms with Crippen molar-refractivity contribution in [3.63, 3.8) is 0 Å². The van der Waals surface area contributed by atoms with E-state index in [1.807, 2.05) is 0 Å². The molecule has 1 fully saturated rings. The van der Waals surface area contributed by atoms with Gasteiger partial charge in [-0.05, 0) is 39.2 Å². The van der Waals surface area contributed by atoms with Gasteiger partial charge in [-0.2, -0.15) is 0 Å². The predicted molar refractivity (Wildman–Crippen MR) is 69.5 cm³/mol. The van der Waals surface area contributed by atoms with E-state index in [9.17, 15) is 9.59 Å². The minimum Gasteiger partial charge on any atom is -0.458 e. The first kappa shape index (κ1) is 13.8. The molecule has 1 saturated heterocycles. The molecule has 5 nitrogen and oxygen atoms in total. The number of H-pyrrole nitrogens is 1. The molecule has 1 aliphatic rings. The molecular formula is C14H19NO4. The molecular weight excluding hydrogens is 246 g/mol. The molecule has 1 aliphatic heterocycles. The fourth-order valence-electron chi connectivity index (χ4n) is 2.50. The molecule has 0 aromatic carbocycles. The van der Waals surface area contributed by atoms with E-state index < -0.39 is 5.97 Å². The van der Waals surface area contributed by atoms with Gasteiger partial charge >= 0.3 is 5.97 Å².